The number of carbonyl (C=O) groups excluding carboxylic acids is 1. The molecule has 0 radical (unpaired) electrons. The number of urea groups is 1. The van der Waals surface area contributed by atoms with Crippen molar-refractivity contribution in [1.29, 1.82) is 0 Å². The minimum absolute atomic E-state index is 0.0211. The number of hydrogen-bond acceptors (Lipinski definition) is 4. The second-order valence-corrected chi connectivity index (χ2v) is 9.31. The number of rotatable bonds is 6. The first-order chi connectivity index (χ1) is 14.7. The van der Waals surface area contributed by atoms with Gasteiger partial charge in [-0.05, 0) is 68.1 Å². The molecule has 1 saturated carbocycles. The van der Waals surface area contributed by atoms with Crippen molar-refractivity contribution in [2.24, 2.45) is 0 Å². The molecule has 2 amide bonds. The predicted molar refractivity (Wildman–Crippen MR) is 122 cm³/mol. The van der Waals surface area contributed by atoms with Gasteiger partial charge in [-0.3, -0.25) is 0 Å². The number of nitrogens with zero attached hydrogens (tertiary/aromatic N) is 1. The number of amides is 2. The van der Waals surface area contributed by atoms with Gasteiger partial charge in [-0.2, -0.15) is 0 Å². The van der Waals surface area contributed by atoms with Crippen LogP contribution in [-0.4, -0.2) is 36.9 Å². The van der Waals surface area contributed by atoms with E-state index in [2.05, 4.69) is 17.4 Å². The van der Waals surface area contributed by atoms with Crippen LogP contribution in [0.5, 0.6) is 11.5 Å². The molecule has 30 heavy (non-hydrogen) atoms. The monoisotopic (exact) mass is 426 g/mol. The van der Waals surface area contributed by atoms with Gasteiger partial charge in [-0.25, -0.2) is 4.79 Å². The molecule has 1 unspecified atom stereocenters. The SMILES string of the molecule is COc1ccc(OC)c(C2CCCN2C(=O)Nc2ccc(SC3CCCC3)cc2)c1. The maximum atomic E-state index is 13.1. The minimum atomic E-state index is -0.0708. The van der Waals surface area contributed by atoms with E-state index >= 15 is 0 Å². The summed E-state index contributed by atoms with van der Waals surface area (Å²) in [5.41, 5.74) is 1.83. The van der Waals surface area contributed by atoms with Gasteiger partial charge in [-0.15, -0.1) is 11.8 Å². The zero-order valence-corrected chi connectivity index (χ0v) is 18.5. The molecular weight excluding hydrogens is 396 g/mol. The summed E-state index contributed by atoms with van der Waals surface area (Å²) in [5, 5.41) is 3.82. The maximum Gasteiger partial charge on any atom is 0.322 e. The molecule has 0 aromatic heterocycles. The van der Waals surface area contributed by atoms with E-state index in [1.54, 1.807) is 14.2 Å². The van der Waals surface area contributed by atoms with Crippen LogP contribution in [-0.2, 0) is 0 Å². The van der Waals surface area contributed by atoms with Gasteiger partial charge < -0.3 is 19.7 Å². The first kappa shape index (κ1) is 20.9. The fraction of sp³-hybridized carbons (Fsp3) is 0.458. The highest BCUT2D eigenvalue weighted by Gasteiger charge is 2.32. The van der Waals surface area contributed by atoms with Crippen LogP contribution in [0.25, 0.3) is 0 Å². The van der Waals surface area contributed by atoms with Crippen LogP contribution in [0.4, 0.5) is 10.5 Å². The number of benzene rings is 2. The molecular formula is C24H30N2O3S. The third-order valence-electron chi connectivity index (χ3n) is 6.02. The van der Waals surface area contributed by atoms with Crippen molar-refractivity contribution in [2.75, 3.05) is 26.1 Å². The van der Waals surface area contributed by atoms with E-state index in [0.29, 0.717) is 0 Å². The fourth-order valence-corrected chi connectivity index (χ4v) is 5.69. The second kappa shape index (κ2) is 9.65. The highest BCUT2D eigenvalue weighted by Crippen LogP contribution is 2.39. The second-order valence-electron chi connectivity index (χ2n) is 7.94. The zero-order valence-electron chi connectivity index (χ0n) is 17.7. The van der Waals surface area contributed by atoms with E-state index in [1.165, 1.54) is 30.6 Å². The van der Waals surface area contributed by atoms with Crippen molar-refractivity contribution < 1.29 is 14.3 Å². The van der Waals surface area contributed by atoms with Gasteiger partial charge >= 0.3 is 6.03 Å². The lowest BCUT2D eigenvalue weighted by molar-refractivity contribution is 0.206. The van der Waals surface area contributed by atoms with Gasteiger partial charge in [0.1, 0.15) is 11.5 Å². The van der Waals surface area contributed by atoms with E-state index in [0.717, 1.165) is 47.4 Å². The van der Waals surface area contributed by atoms with Crippen molar-refractivity contribution in [1.82, 2.24) is 4.90 Å². The topological polar surface area (TPSA) is 50.8 Å². The van der Waals surface area contributed by atoms with Crippen molar-refractivity contribution in [3.8, 4) is 11.5 Å². The molecule has 0 bridgehead atoms. The van der Waals surface area contributed by atoms with Crippen LogP contribution >= 0.6 is 11.8 Å². The molecule has 4 rings (SSSR count). The van der Waals surface area contributed by atoms with Crippen LogP contribution in [0.2, 0.25) is 0 Å². The third-order valence-corrected chi connectivity index (χ3v) is 7.37. The number of thioether (sulfide) groups is 1. The Balaban J connectivity index is 1.44. The standard InChI is InChI=1S/C24H30N2O3S/c1-28-18-11-14-23(29-2)21(16-18)22-8-5-15-26(22)24(27)25-17-9-12-20(13-10-17)30-19-6-3-4-7-19/h9-14,16,19,22H,3-8,15H2,1-2H3,(H,25,27). The summed E-state index contributed by atoms with van der Waals surface area (Å²) in [6.07, 6.45) is 7.20. The number of methoxy groups -OCH3 is 2. The van der Waals surface area contributed by atoms with Gasteiger partial charge in [0.2, 0.25) is 0 Å². The van der Waals surface area contributed by atoms with Crippen molar-refractivity contribution >= 4 is 23.5 Å². The summed E-state index contributed by atoms with van der Waals surface area (Å²) < 4.78 is 10.9. The van der Waals surface area contributed by atoms with Crippen molar-refractivity contribution in [3.05, 3.63) is 48.0 Å². The molecule has 1 aliphatic heterocycles. The van der Waals surface area contributed by atoms with Crippen LogP contribution in [0.1, 0.15) is 50.1 Å². The molecule has 2 aliphatic rings. The number of nitrogens with one attached hydrogen (secondary N) is 1. The predicted octanol–water partition coefficient (Wildman–Crippen LogP) is 6.11. The molecule has 1 heterocycles. The van der Waals surface area contributed by atoms with E-state index in [9.17, 15) is 4.79 Å². The number of likely N-dealkylation sites (tertiary alicyclic amines) is 1. The Morgan fingerprint density at radius 3 is 2.47 bits per heavy atom. The summed E-state index contributed by atoms with van der Waals surface area (Å²) in [7, 11) is 3.31. The molecule has 1 aliphatic carbocycles. The lowest BCUT2D eigenvalue weighted by Crippen LogP contribution is -2.34. The molecule has 0 spiro atoms. The highest BCUT2D eigenvalue weighted by molar-refractivity contribution is 8.00. The molecule has 160 valence electrons. The normalized spacial score (nSPS) is 19.1. The quantitative estimate of drug-likeness (QED) is 0.606. The fourth-order valence-electron chi connectivity index (χ4n) is 4.44. The summed E-state index contributed by atoms with van der Waals surface area (Å²) in [4.78, 5) is 16.2. The largest absolute Gasteiger partial charge is 0.497 e. The molecule has 6 heteroatoms. The average molecular weight is 427 g/mol. The van der Waals surface area contributed by atoms with E-state index in [4.69, 9.17) is 9.47 Å². The van der Waals surface area contributed by atoms with Gasteiger partial charge in [0.25, 0.3) is 0 Å². The molecule has 1 atom stereocenters. The Kier molecular flexibility index (Phi) is 6.72. The van der Waals surface area contributed by atoms with Gasteiger partial charge in [0.15, 0.2) is 0 Å². The number of anilines is 1. The van der Waals surface area contributed by atoms with Crippen LogP contribution in [0.3, 0.4) is 0 Å². The molecule has 1 saturated heterocycles. The molecule has 2 aromatic carbocycles. The smallest absolute Gasteiger partial charge is 0.322 e. The third kappa shape index (κ3) is 4.69. The summed E-state index contributed by atoms with van der Waals surface area (Å²) >= 11 is 1.96. The minimum Gasteiger partial charge on any atom is -0.497 e. The van der Waals surface area contributed by atoms with Gasteiger partial charge in [-0.1, -0.05) is 12.8 Å². The molecule has 2 fully saturated rings. The lowest BCUT2D eigenvalue weighted by atomic mass is 10.0. The first-order valence-electron chi connectivity index (χ1n) is 10.7. The van der Waals surface area contributed by atoms with Gasteiger partial charge in [0.05, 0.1) is 20.3 Å². The average Bonchev–Trinajstić information content (AvgIpc) is 3.46. The van der Waals surface area contributed by atoms with E-state index in [1.807, 2.05) is 47.0 Å². The highest BCUT2D eigenvalue weighted by atomic mass is 32.2. The number of carbonyl (C=O) groups is 1. The molecule has 5 nitrogen and oxygen atoms in total. The van der Waals surface area contributed by atoms with E-state index in [-0.39, 0.29) is 12.1 Å². The molecule has 1 N–H and O–H groups in total. The maximum absolute atomic E-state index is 13.1. The summed E-state index contributed by atoms with van der Waals surface area (Å²) in [5.74, 6) is 1.56. The lowest BCUT2D eigenvalue weighted by Gasteiger charge is -2.27. The Hall–Kier alpha value is -2.34. The number of ether oxygens (including phenoxy) is 2. The number of hydrogen-bond donors (Lipinski definition) is 1. The van der Waals surface area contributed by atoms with Crippen LogP contribution in [0, 0.1) is 0 Å². The molecule has 2 aromatic rings. The Labute approximate surface area is 183 Å². The van der Waals surface area contributed by atoms with Crippen molar-refractivity contribution in [2.45, 2.75) is 54.7 Å². The van der Waals surface area contributed by atoms with Gasteiger partial charge in [0, 0.05) is 27.9 Å². The van der Waals surface area contributed by atoms with Crippen LogP contribution in [0.15, 0.2) is 47.4 Å². The summed E-state index contributed by atoms with van der Waals surface area (Å²) in [6, 6.07) is 13.9. The zero-order chi connectivity index (χ0) is 20.9. The Bertz CT molecular complexity index is 865. The van der Waals surface area contributed by atoms with Crippen LogP contribution < -0.4 is 14.8 Å². The first-order valence-corrected chi connectivity index (χ1v) is 11.6. The summed E-state index contributed by atoms with van der Waals surface area (Å²) in [6.45, 7) is 0.729. The van der Waals surface area contributed by atoms with Crippen molar-refractivity contribution in [3.63, 3.8) is 0 Å². The Morgan fingerprint density at radius 2 is 1.77 bits per heavy atom. The van der Waals surface area contributed by atoms with E-state index < -0.39 is 0 Å². The Morgan fingerprint density at radius 1 is 1.00 bits per heavy atom.